The van der Waals surface area contributed by atoms with Crippen molar-refractivity contribution in [1.82, 2.24) is 0 Å². The molecule has 0 aliphatic carbocycles. The lowest BCUT2D eigenvalue weighted by molar-refractivity contribution is -0.179. The predicted octanol–water partition coefficient (Wildman–Crippen LogP) is 2.92. The first-order valence-corrected chi connectivity index (χ1v) is 5.72. The molecule has 0 saturated carbocycles. The van der Waals surface area contributed by atoms with Gasteiger partial charge in [0.25, 0.3) is 0 Å². The van der Waals surface area contributed by atoms with Gasteiger partial charge in [-0.3, -0.25) is 0 Å². The van der Waals surface area contributed by atoms with Gasteiger partial charge in [-0.05, 0) is 42.7 Å². The molecule has 0 aromatic heterocycles. The van der Waals surface area contributed by atoms with E-state index in [9.17, 15) is 18.3 Å². The Morgan fingerprint density at radius 1 is 1.21 bits per heavy atom. The van der Waals surface area contributed by atoms with Crippen molar-refractivity contribution in [2.75, 3.05) is 20.3 Å². The Kier molecular flexibility index (Phi) is 5.20. The van der Waals surface area contributed by atoms with Gasteiger partial charge in [0.1, 0.15) is 18.5 Å². The van der Waals surface area contributed by atoms with Crippen LogP contribution in [0.1, 0.15) is 22.8 Å². The highest BCUT2D eigenvalue weighted by Gasteiger charge is 2.28. The van der Waals surface area contributed by atoms with Gasteiger partial charge < -0.3 is 14.6 Å². The van der Waals surface area contributed by atoms with E-state index in [1.807, 2.05) is 0 Å². The summed E-state index contributed by atoms with van der Waals surface area (Å²) in [5, 5.41) is 9.80. The van der Waals surface area contributed by atoms with Crippen LogP contribution < -0.4 is 4.74 Å². The molecule has 1 aromatic carbocycles. The third-order valence-electron chi connectivity index (χ3n) is 2.61. The zero-order chi connectivity index (χ0) is 14.6. The number of alkyl halides is 3. The molecule has 1 N–H and O–H groups in total. The Bertz CT molecular complexity index is 407. The summed E-state index contributed by atoms with van der Waals surface area (Å²) in [5.41, 5.74) is 2.14. The summed E-state index contributed by atoms with van der Waals surface area (Å²) in [6, 6.07) is 3.35. The first-order chi connectivity index (χ1) is 8.74. The van der Waals surface area contributed by atoms with Crippen molar-refractivity contribution in [3.05, 3.63) is 28.8 Å². The molecule has 1 unspecified atom stereocenters. The number of rotatable bonds is 5. The van der Waals surface area contributed by atoms with Gasteiger partial charge in [0, 0.05) is 0 Å². The topological polar surface area (TPSA) is 38.7 Å². The van der Waals surface area contributed by atoms with E-state index in [2.05, 4.69) is 4.74 Å². The molecule has 1 rings (SSSR count). The van der Waals surface area contributed by atoms with Crippen LogP contribution in [0.5, 0.6) is 5.75 Å². The number of benzene rings is 1. The van der Waals surface area contributed by atoms with E-state index >= 15 is 0 Å². The van der Waals surface area contributed by atoms with Gasteiger partial charge in [-0.2, -0.15) is 13.2 Å². The summed E-state index contributed by atoms with van der Waals surface area (Å²) in [7, 11) is 1.54. The average molecular weight is 278 g/mol. The molecule has 0 aliphatic rings. The zero-order valence-electron chi connectivity index (χ0n) is 11.0. The van der Waals surface area contributed by atoms with Gasteiger partial charge in [0.15, 0.2) is 0 Å². The first kappa shape index (κ1) is 15.8. The monoisotopic (exact) mass is 278 g/mol. The molecule has 0 amide bonds. The van der Waals surface area contributed by atoms with Crippen LogP contribution in [0.25, 0.3) is 0 Å². The third-order valence-corrected chi connectivity index (χ3v) is 2.61. The minimum absolute atomic E-state index is 0.398. The van der Waals surface area contributed by atoms with Gasteiger partial charge in [0.2, 0.25) is 0 Å². The normalized spacial score (nSPS) is 13.4. The Labute approximate surface area is 110 Å². The molecule has 0 heterocycles. The molecular weight excluding hydrogens is 261 g/mol. The van der Waals surface area contributed by atoms with E-state index in [1.165, 1.54) is 7.11 Å². The molecule has 0 fully saturated rings. The summed E-state index contributed by atoms with van der Waals surface area (Å²) in [6.45, 7) is 1.85. The number of aliphatic hydroxyl groups excluding tert-OH is 1. The molecule has 0 saturated heterocycles. The number of aliphatic hydroxyl groups is 1. The van der Waals surface area contributed by atoms with Crippen LogP contribution in [0.4, 0.5) is 13.2 Å². The summed E-state index contributed by atoms with van der Waals surface area (Å²) >= 11 is 0. The Morgan fingerprint density at radius 2 is 1.74 bits per heavy atom. The zero-order valence-corrected chi connectivity index (χ0v) is 11.0. The Balaban J connectivity index is 2.70. The molecule has 0 radical (unpaired) electrons. The molecule has 6 heteroatoms. The Morgan fingerprint density at radius 3 is 2.16 bits per heavy atom. The lowest BCUT2D eigenvalue weighted by atomic mass is 10.0. The second kappa shape index (κ2) is 6.25. The number of ether oxygens (including phenoxy) is 2. The summed E-state index contributed by atoms with van der Waals surface area (Å²) < 4.78 is 45.4. The van der Waals surface area contributed by atoms with Crippen LogP contribution in [-0.4, -0.2) is 31.6 Å². The lowest BCUT2D eigenvalue weighted by Crippen LogP contribution is -2.19. The van der Waals surface area contributed by atoms with E-state index in [0.717, 1.165) is 11.1 Å². The van der Waals surface area contributed by atoms with Gasteiger partial charge in [-0.1, -0.05) is 0 Å². The SMILES string of the molecule is COc1c(C)cc(C(O)COCC(F)(F)F)cc1C. The minimum atomic E-state index is -4.38. The number of aryl methyl sites for hydroxylation is 2. The van der Waals surface area contributed by atoms with Crippen LogP contribution in [0.15, 0.2) is 12.1 Å². The maximum atomic E-state index is 11.9. The van der Waals surface area contributed by atoms with E-state index in [-0.39, 0.29) is 0 Å². The van der Waals surface area contributed by atoms with Crippen LogP contribution in [0.3, 0.4) is 0 Å². The number of hydrogen-bond donors (Lipinski definition) is 1. The highest BCUT2D eigenvalue weighted by Crippen LogP contribution is 2.27. The van der Waals surface area contributed by atoms with E-state index in [4.69, 9.17) is 4.74 Å². The van der Waals surface area contributed by atoms with Crippen molar-refractivity contribution < 1.29 is 27.8 Å². The smallest absolute Gasteiger partial charge is 0.411 e. The van der Waals surface area contributed by atoms with Crippen molar-refractivity contribution in [3.8, 4) is 5.75 Å². The van der Waals surface area contributed by atoms with Gasteiger partial charge in [-0.25, -0.2) is 0 Å². The summed E-state index contributed by atoms with van der Waals surface area (Å²) in [4.78, 5) is 0. The van der Waals surface area contributed by atoms with Crippen LogP contribution in [0.2, 0.25) is 0 Å². The van der Waals surface area contributed by atoms with Crippen molar-refractivity contribution in [2.24, 2.45) is 0 Å². The number of hydrogen-bond acceptors (Lipinski definition) is 3. The van der Waals surface area contributed by atoms with Crippen LogP contribution >= 0.6 is 0 Å². The van der Waals surface area contributed by atoms with Crippen molar-refractivity contribution in [2.45, 2.75) is 26.1 Å². The van der Waals surface area contributed by atoms with E-state index < -0.39 is 25.5 Å². The number of methoxy groups -OCH3 is 1. The average Bonchev–Trinajstić information content (AvgIpc) is 2.26. The Hall–Kier alpha value is -1.27. The van der Waals surface area contributed by atoms with Crippen LogP contribution in [0, 0.1) is 13.8 Å². The molecule has 19 heavy (non-hydrogen) atoms. The summed E-state index contributed by atoms with van der Waals surface area (Å²) in [6.07, 6.45) is -5.48. The summed E-state index contributed by atoms with van der Waals surface area (Å²) in [5.74, 6) is 0.701. The highest BCUT2D eigenvalue weighted by atomic mass is 19.4. The largest absolute Gasteiger partial charge is 0.496 e. The highest BCUT2D eigenvalue weighted by molar-refractivity contribution is 5.43. The van der Waals surface area contributed by atoms with E-state index in [1.54, 1.807) is 26.0 Å². The van der Waals surface area contributed by atoms with Crippen molar-refractivity contribution in [1.29, 1.82) is 0 Å². The second-order valence-electron chi connectivity index (χ2n) is 4.33. The maximum absolute atomic E-state index is 11.9. The second-order valence-corrected chi connectivity index (χ2v) is 4.33. The maximum Gasteiger partial charge on any atom is 0.411 e. The standard InChI is InChI=1S/C13H17F3O3/c1-8-4-10(5-9(2)12(8)18-3)11(17)6-19-7-13(14,15)16/h4-5,11,17H,6-7H2,1-3H3. The fourth-order valence-corrected chi connectivity index (χ4v) is 1.88. The van der Waals surface area contributed by atoms with E-state index in [0.29, 0.717) is 11.3 Å². The molecule has 0 bridgehead atoms. The predicted molar refractivity (Wildman–Crippen MR) is 64.3 cm³/mol. The number of halogens is 3. The van der Waals surface area contributed by atoms with Crippen molar-refractivity contribution in [3.63, 3.8) is 0 Å². The molecule has 0 spiro atoms. The van der Waals surface area contributed by atoms with Crippen molar-refractivity contribution >= 4 is 0 Å². The molecule has 1 aromatic rings. The lowest BCUT2D eigenvalue weighted by Gasteiger charge is -2.16. The van der Waals surface area contributed by atoms with Gasteiger partial charge >= 0.3 is 6.18 Å². The van der Waals surface area contributed by atoms with Gasteiger partial charge in [-0.15, -0.1) is 0 Å². The molecule has 1 atom stereocenters. The molecule has 0 aliphatic heterocycles. The van der Waals surface area contributed by atoms with Gasteiger partial charge in [0.05, 0.1) is 13.7 Å². The minimum Gasteiger partial charge on any atom is -0.496 e. The fraction of sp³-hybridized carbons (Fsp3) is 0.538. The molecule has 3 nitrogen and oxygen atoms in total. The third kappa shape index (κ3) is 4.72. The first-order valence-electron chi connectivity index (χ1n) is 5.72. The van der Waals surface area contributed by atoms with Crippen LogP contribution in [-0.2, 0) is 4.74 Å². The molecular formula is C13H17F3O3. The molecule has 108 valence electrons. The quantitative estimate of drug-likeness (QED) is 0.900. The fourth-order valence-electron chi connectivity index (χ4n) is 1.88.